The first-order valence-corrected chi connectivity index (χ1v) is 9.95. The monoisotopic (exact) mass is 416 g/mol. The Morgan fingerprint density at radius 2 is 1.87 bits per heavy atom. The molecule has 0 aliphatic carbocycles. The summed E-state index contributed by atoms with van der Waals surface area (Å²) in [5, 5.41) is 2.90. The van der Waals surface area contributed by atoms with Crippen molar-refractivity contribution in [2.45, 2.75) is 45.8 Å². The Morgan fingerprint density at radius 3 is 2.53 bits per heavy atom. The fraction of sp³-hybridized carbons (Fsp3) is 0.391. The molecule has 7 heteroatoms. The molecular weight excluding hydrogens is 387 g/mol. The molecule has 1 N–H and O–H groups in total. The molecule has 2 aromatic rings. The van der Waals surface area contributed by atoms with Crippen LogP contribution >= 0.6 is 0 Å². The van der Waals surface area contributed by atoms with E-state index in [1.807, 2.05) is 26.0 Å². The van der Waals surface area contributed by atoms with Crippen LogP contribution in [0.25, 0.3) is 0 Å². The molecule has 0 saturated heterocycles. The molecule has 2 aromatic carbocycles. The van der Waals surface area contributed by atoms with Gasteiger partial charge in [-0.05, 0) is 50.1 Å². The second-order valence-corrected chi connectivity index (χ2v) is 7.09. The summed E-state index contributed by atoms with van der Waals surface area (Å²) in [6, 6.07) is 12.4. The lowest BCUT2D eigenvalue weighted by Crippen LogP contribution is -2.50. The Bertz CT molecular complexity index is 859. The van der Waals surface area contributed by atoms with Gasteiger partial charge >= 0.3 is 0 Å². The van der Waals surface area contributed by atoms with Crippen LogP contribution in [0.5, 0.6) is 11.5 Å². The zero-order chi connectivity index (χ0) is 22.1. The molecule has 2 unspecified atom stereocenters. The van der Waals surface area contributed by atoms with Gasteiger partial charge in [0.1, 0.15) is 11.8 Å². The highest BCUT2D eigenvalue weighted by Gasteiger charge is 2.27. The van der Waals surface area contributed by atoms with E-state index < -0.39 is 17.8 Å². The van der Waals surface area contributed by atoms with Crippen molar-refractivity contribution in [1.29, 1.82) is 0 Å². The topological polar surface area (TPSA) is 67.9 Å². The minimum Gasteiger partial charge on any atom is -0.497 e. The molecule has 0 heterocycles. The van der Waals surface area contributed by atoms with E-state index in [9.17, 15) is 14.0 Å². The van der Waals surface area contributed by atoms with Crippen LogP contribution in [0.3, 0.4) is 0 Å². The van der Waals surface area contributed by atoms with E-state index >= 15 is 0 Å². The highest BCUT2D eigenvalue weighted by molar-refractivity contribution is 5.88. The van der Waals surface area contributed by atoms with Crippen molar-refractivity contribution in [2.75, 3.05) is 13.7 Å². The third kappa shape index (κ3) is 6.47. The predicted octanol–water partition coefficient (Wildman–Crippen LogP) is 3.55. The van der Waals surface area contributed by atoms with Gasteiger partial charge in [0, 0.05) is 12.6 Å². The Labute approximate surface area is 177 Å². The van der Waals surface area contributed by atoms with E-state index in [2.05, 4.69) is 5.32 Å². The molecule has 162 valence electrons. The van der Waals surface area contributed by atoms with Crippen LogP contribution in [0.4, 0.5) is 4.39 Å². The number of carbonyl (C=O) groups excluding carboxylic acids is 2. The number of benzene rings is 2. The van der Waals surface area contributed by atoms with Crippen LogP contribution in [0.1, 0.15) is 32.8 Å². The lowest BCUT2D eigenvalue weighted by molar-refractivity contribution is -0.142. The Morgan fingerprint density at radius 1 is 1.13 bits per heavy atom. The first-order valence-electron chi connectivity index (χ1n) is 9.95. The average molecular weight is 416 g/mol. The summed E-state index contributed by atoms with van der Waals surface area (Å²) in [7, 11) is 1.56. The molecule has 2 amide bonds. The zero-order valence-corrected chi connectivity index (χ0v) is 17.9. The minimum absolute atomic E-state index is 0.0103. The zero-order valence-electron chi connectivity index (χ0n) is 17.9. The van der Waals surface area contributed by atoms with Gasteiger partial charge in [-0.25, -0.2) is 4.39 Å². The van der Waals surface area contributed by atoms with Crippen LogP contribution in [-0.2, 0) is 16.1 Å². The lowest BCUT2D eigenvalue weighted by atomic mass is 10.1. The number of amides is 2. The van der Waals surface area contributed by atoms with Gasteiger partial charge in [-0.15, -0.1) is 0 Å². The first kappa shape index (κ1) is 23.2. The molecule has 0 spiro atoms. The average Bonchev–Trinajstić information content (AvgIpc) is 2.76. The molecule has 30 heavy (non-hydrogen) atoms. The van der Waals surface area contributed by atoms with Gasteiger partial charge < -0.3 is 19.7 Å². The van der Waals surface area contributed by atoms with Gasteiger partial charge in [0.15, 0.2) is 18.2 Å². The number of nitrogens with zero attached hydrogens (tertiary/aromatic N) is 1. The maximum atomic E-state index is 13.8. The summed E-state index contributed by atoms with van der Waals surface area (Å²) < 4.78 is 24.4. The molecule has 2 rings (SSSR count). The number of halogens is 1. The van der Waals surface area contributed by atoms with E-state index in [-0.39, 0.29) is 30.9 Å². The molecule has 0 saturated carbocycles. The summed E-state index contributed by atoms with van der Waals surface area (Å²) in [6.45, 7) is 5.34. The van der Waals surface area contributed by atoms with Crippen molar-refractivity contribution in [3.05, 3.63) is 59.9 Å². The standard InChI is InChI=1S/C23H29FN2O4/c1-5-16(2)25-23(28)17(3)26(14-18-9-8-10-19(13-18)29-4)22(27)15-30-21-12-7-6-11-20(21)24/h6-13,16-17H,5,14-15H2,1-4H3,(H,25,28). The van der Waals surface area contributed by atoms with Crippen LogP contribution in [0.2, 0.25) is 0 Å². The normalized spacial score (nSPS) is 12.6. The largest absolute Gasteiger partial charge is 0.497 e. The number of rotatable bonds is 10. The van der Waals surface area contributed by atoms with Crippen molar-refractivity contribution in [1.82, 2.24) is 10.2 Å². The maximum Gasteiger partial charge on any atom is 0.261 e. The van der Waals surface area contributed by atoms with Crippen LogP contribution < -0.4 is 14.8 Å². The lowest BCUT2D eigenvalue weighted by Gasteiger charge is -2.29. The van der Waals surface area contributed by atoms with Gasteiger partial charge in [0.05, 0.1) is 7.11 Å². The number of para-hydroxylation sites is 1. The SMILES string of the molecule is CCC(C)NC(=O)C(C)N(Cc1cccc(OC)c1)C(=O)COc1ccccc1F. The summed E-state index contributed by atoms with van der Waals surface area (Å²) in [6.07, 6.45) is 0.776. The molecule has 0 fully saturated rings. The van der Waals surface area contributed by atoms with Crippen molar-refractivity contribution >= 4 is 11.8 Å². The van der Waals surface area contributed by atoms with Gasteiger partial charge in [-0.1, -0.05) is 31.2 Å². The van der Waals surface area contributed by atoms with Crippen molar-refractivity contribution in [3.63, 3.8) is 0 Å². The van der Waals surface area contributed by atoms with Crippen LogP contribution in [-0.4, -0.2) is 42.5 Å². The third-order valence-corrected chi connectivity index (χ3v) is 4.84. The van der Waals surface area contributed by atoms with Gasteiger partial charge in [-0.3, -0.25) is 9.59 Å². The molecule has 0 aliphatic rings. The summed E-state index contributed by atoms with van der Waals surface area (Å²) in [5.41, 5.74) is 0.803. The van der Waals surface area contributed by atoms with E-state index in [0.29, 0.717) is 5.75 Å². The number of carbonyl (C=O) groups is 2. The number of methoxy groups -OCH3 is 1. The molecule has 0 aliphatic heterocycles. The molecule has 2 atom stereocenters. The smallest absolute Gasteiger partial charge is 0.261 e. The highest BCUT2D eigenvalue weighted by Crippen LogP contribution is 2.18. The molecule has 0 bridgehead atoms. The van der Waals surface area contributed by atoms with Crippen molar-refractivity contribution in [3.8, 4) is 11.5 Å². The summed E-state index contributed by atoms with van der Waals surface area (Å²) in [4.78, 5) is 27.0. The van der Waals surface area contributed by atoms with E-state index in [0.717, 1.165) is 12.0 Å². The first-order chi connectivity index (χ1) is 14.3. The van der Waals surface area contributed by atoms with Crippen molar-refractivity contribution in [2.24, 2.45) is 0 Å². The quantitative estimate of drug-likeness (QED) is 0.643. The highest BCUT2D eigenvalue weighted by atomic mass is 19.1. The fourth-order valence-corrected chi connectivity index (χ4v) is 2.80. The third-order valence-electron chi connectivity index (χ3n) is 4.84. The molecular formula is C23H29FN2O4. The van der Waals surface area contributed by atoms with Crippen molar-refractivity contribution < 1.29 is 23.5 Å². The Hall–Kier alpha value is -3.09. The second kappa shape index (κ2) is 11.2. The predicted molar refractivity (Wildman–Crippen MR) is 113 cm³/mol. The molecule has 0 aromatic heterocycles. The summed E-state index contributed by atoms with van der Waals surface area (Å²) >= 11 is 0. The maximum absolute atomic E-state index is 13.8. The summed E-state index contributed by atoms with van der Waals surface area (Å²) in [5.74, 6) is -0.588. The molecule has 6 nitrogen and oxygen atoms in total. The fourth-order valence-electron chi connectivity index (χ4n) is 2.80. The number of ether oxygens (including phenoxy) is 2. The second-order valence-electron chi connectivity index (χ2n) is 7.09. The minimum atomic E-state index is -0.734. The van der Waals surface area contributed by atoms with Gasteiger partial charge in [-0.2, -0.15) is 0 Å². The Balaban J connectivity index is 2.19. The van der Waals surface area contributed by atoms with E-state index in [1.54, 1.807) is 38.3 Å². The molecule has 0 radical (unpaired) electrons. The van der Waals surface area contributed by atoms with E-state index in [1.165, 1.54) is 17.0 Å². The van der Waals surface area contributed by atoms with Gasteiger partial charge in [0.2, 0.25) is 5.91 Å². The van der Waals surface area contributed by atoms with Crippen LogP contribution in [0.15, 0.2) is 48.5 Å². The number of hydrogen-bond donors (Lipinski definition) is 1. The van der Waals surface area contributed by atoms with Gasteiger partial charge in [0.25, 0.3) is 5.91 Å². The number of nitrogens with one attached hydrogen (secondary N) is 1. The van der Waals surface area contributed by atoms with E-state index in [4.69, 9.17) is 9.47 Å². The van der Waals surface area contributed by atoms with Crippen LogP contribution in [0, 0.1) is 5.82 Å². The number of hydrogen-bond acceptors (Lipinski definition) is 4. The Kier molecular flexibility index (Phi) is 8.65.